The van der Waals surface area contributed by atoms with Crippen LogP contribution in [0.3, 0.4) is 0 Å². The van der Waals surface area contributed by atoms with Crippen molar-refractivity contribution in [2.75, 3.05) is 32.9 Å². The minimum absolute atomic E-state index is 0. The monoisotopic (exact) mass is 376 g/mol. The molecule has 0 spiro atoms. The lowest BCUT2D eigenvalue weighted by Gasteiger charge is -2.38. The lowest BCUT2D eigenvalue weighted by molar-refractivity contribution is -0.126. The van der Waals surface area contributed by atoms with E-state index in [-0.39, 0.29) is 47.7 Å². The van der Waals surface area contributed by atoms with Crippen molar-refractivity contribution in [1.29, 1.82) is 0 Å². The van der Waals surface area contributed by atoms with E-state index in [2.05, 4.69) is 18.7 Å². The molecule has 1 amide bonds. The second-order valence-corrected chi connectivity index (χ2v) is 8.20. The van der Waals surface area contributed by atoms with Crippen LogP contribution in [0.4, 0.5) is 4.79 Å². The summed E-state index contributed by atoms with van der Waals surface area (Å²) in [6, 6.07) is 0. The molecule has 25 heavy (non-hydrogen) atoms. The van der Waals surface area contributed by atoms with E-state index in [0.717, 1.165) is 12.8 Å². The van der Waals surface area contributed by atoms with Crippen LogP contribution in [0.5, 0.6) is 0 Å². The highest BCUT2D eigenvalue weighted by atomic mass is 35.5. The third-order valence-electron chi connectivity index (χ3n) is 5.92. The van der Waals surface area contributed by atoms with Gasteiger partial charge in [0.15, 0.2) is 0 Å². The van der Waals surface area contributed by atoms with Gasteiger partial charge in [-0.2, -0.15) is 0 Å². The Hall–Kier alpha value is -0.600. The number of nitrogens with zero attached hydrogens (tertiary/aromatic N) is 2. The number of ether oxygens (including phenoxy) is 4. The van der Waals surface area contributed by atoms with Gasteiger partial charge in [0.05, 0.1) is 38.5 Å². The van der Waals surface area contributed by atoms with Crippen LogP contribution in [-0.4, -0.2) is 78.0 Å². The lowest BCUT2D eigenvalue weighted by atomic mass is 10.0. The van der Waals surface area contributed by atoms with Crippen LogP contribution < -0.4 is 0 Å². The topological polar surface area (TPSA) is 60.5 Å². The molecule has 4 rings (SSSR count). The standard InChI is InChI=1S/C17H28N2O5.ClH/c1-12-7-18(8-13(2)24-12)14(20)21-9-17-10-22-15(3)5-6-16(4,19(15)17)23-11-17;/h12-13H,5-11H2,1-4H3;1H. The molecule has 0 aromatic carbocycles. The fraction of sp³-hybridized carbons (Fsp3) is 0.941. The van der Waals surface area contributed by atoms with Crippen LogP contribution in [0.15, 0.2) is 0 Å². The minimum Gasteiger partial charge on any atom is -0.447 e. The molecule has 4 aliphatic rings. The van der Waals surface area contributed by atoms with E-state index in [0.29, 0.717) is 32.9 Å². The Morgan fingerprint density at radius 1 is 1.08 bits per heavy atom. The molecule has 0 bridgehead atoms. The number of rotatable bonds is 2. The van der Waals surface area contributed by atoms with Gasteiger partial charge in [-0.25, -0.2) is 9.69 Å². The summed E-state index contributed by atoms with van der Waals surface area (Å²) in [7, 11) is 0. The maximum atomic E-state index is 12.5. The Labute approximate surface area is 155 Å². The van der Waals surface area contributed by atoms with Crippen LogP contribution in [0.25, 0.3) is 0 Å². The third kappa shape index (κ3) is 2.94. The molecular weight excluding hydrogens is 348 g/mol. The van der Waals surface area contributed by atoms with Gasteiger partial charge in [0.2, 0.25) is 0 Å². The molecule has 8 heteroatoms. The number of halogens is 1. The Kier molecular flexibility index (Phi) is 4.78. The highest BCUT2D eigenvalue weighted by molar-refractivity contribution is 5.85. The van der Waals surface area contributed by atoms with Gasteiger partial charge < -0.3 is 23.8 Å². The van der Waals surface area contributed by atoms with Crippen LogP contribution in [0.1, 0.15) is 40.5 Å². The molecule has 0 N–H and O–H groups in total. The van der Waals surface area contributed by atoms with Crippen molar-refractivity contribution in [3.63, 3.8) is 0 Å². The first-order valence-electron chi connectivity index (χ1n) is 8.92. The molecule has 7 nitrogen and oxygen atoms in total. The van der Waals surface area contributed by atoms with Gasteiger partial charge in [-0.1, -0.05) is 0 Å². The lowest BCUT2D eigenvalue weighted by Crippen LogP contribution is -2.57. The minimum atomic E-state index is -0.362. The van der Waals surface area contributed by atoms with E-state index in [1.54, 1.807) is 4.90 Å². The normalized spacial score (nSPS) is 46.0. The number of amides is 1. The molecule has 0 aromatic heterocycles. The van der Waals surface area contributed by atoms with Crippen LogP contribution in [0.2, 0.25) is 0 Å². The van der Waals surface area contributed by atoms with E-state index >= 15 is 0 Å². The summed E-state index contributed by atoms with van der Waals surface area (Å²) < 4.78 is 23.6. The first-order valence-corrected chi connectivity index (χ1v) is 8.92. The van der Waals surface area contributed by atoms with Crippen molar-refractivity contribution in [2.24, 2.45) is 0 Å². The quantitative estimate of drug-likeness (QED) is 0.734. The molecular formula is C17H29ClN2O5. The Morgan fingerprint density at radius 3 is 2.12 bits per heavy atom. The molecule has 0 radical (unpaired) electrons. The summed E-state index contributed by atoms with van der Waals surface area (Å²) in [5.41, 5.74) is -0.974. The molecule has 4 unspecified atom stereocenters. The highest BCUT2D eigenvalue weighted by Gasteiger charge is 2.69. The molecule has 4 fully saturated rings. The molecule has 0 aromatic rings. The predicted octanol–water partition coefficient (Wildman–Crippen LogP) is 1.98. The molecule has 4 aliphatic heterocycles. The Morgan fingerprint density at radius 2 is 1.60 bits per heavy atom. The second-order valence-electron chi connectivity index (χ2n) is 8.20. The van der Waals surface area contributed by atoms with Gasteiger partial charge in [0, 0.05) is 0 Å². The highest BCUT2D eigenvalue weighted by Crippen LogP contribution is 2.55. The molecule has 4 heterocycles. The SMILES string of the molecule is CC1CN(C(=O)OCC23COC4(C)CCC(C)(OC2)N34)CC(C)O1.Cl. The van der Waals surface area contributed by atoms with Crippen LogP contribution >= 0.6 is 12.4 Å². The molecule has 0 saturated carbocycles. The van der Waals surface area contributed by atoms with Crippen molar-refractivity contribution in [3.05, 3.63) is 0 Å². The zero-order chi connectivity index (χ0) is 17.2. The van der Waals surface area contributed by atoms with Crippen molar-refractivity contribution in [3.8, 4) is 0 Å². The zero-order valence-electron chi connectivity index (χ0n) is 15.4. The number of morpholine rings is 1. The van der Waals surface area contributed by atoms with E-state index in [1.807, 2.05) is 13.8 Å². The first kappa shape index (κ1) is 19.2. The number of carbonyl (C=O) groups is 1. The van der Waals surface area contributed by atoms with Crippen molar-refractivity contribution in [2.45, 2.75) is 69.7 Å². The van der Waals surface area contributed by atoms with Gasteiger partial charge in [-0.15, -0.1) is 12.4 Å². The second kappa shape index (κ2) is 6.23. The summed E-state index contributed by atoms with van der Waals surface area (Å²) in [6.07, 6.45) is 1.69. The van der Waals surface area contributed by atoms with Crippen LogP contribution in [0, 0.1) is 0 Å². The average Bonchev–Trinajstić information content (AvgIpc) is 3.09. The zero-order valence-corrected chi connectivity index (χ0v) is 16.3. The summed E-state index contributed by atoms with van der Waals surface area (Å²) >= 11 is 0. The van der Waals surface area contributed by atoms with Gasteiger partial charge in [-0.05, 0) is 40.5 Å². The fourth-order valence-electron chi connectivity index (χ4n) is 4.98. The van der Waals surface area contributed by atoms with Crippen molar-refractivity contribution in [1.82, 2.24) is 9.80 Å². The smallest absolute Gasteiger partial charge is 0.410 e. The molecule has 4 saturated heterocycles. The van der Waals surface area contributed by atoms with E-state index in [4.69, 9.17) is 18.9 Å². The van der Waals surface area contributed by atoms with E-state index in [1.165, 1.54) is 0 Å². The number of hydrogen-bond donors (Lipinski definition) is 0. The summed E-state index contributed by atoms with van der Waals surface area (Å²) in [6.45, 7) is 10.7. The average molecular weight is 377 g/mol. The molecule has 0 aliphatic carbocycles. The maximum Gasteiger partial charge on any atom is 0.410 e. The molecule has 144 valence electrons. The van der Waals surface area contributed by atoms with Crippen molar-refractivity contribution < 1.29 is 23.7 Å². The Balaban J connectivity index is 0.00000182. The predicted molar refractivity (Wildman–Crippen MR) is 92.7 cm³/mol. The Bertz CT molecular complexity index is 517. The number of carbonyl (C=O) groups excluding carboxylic acids is 1. The largest absolute Gasteiger partial charge is 0.447 e. The van der Waals surface area contributed by atoms with Gasteiger partial charge >= 0.3 is 6.09 Å². The summed E-state index contributed by atoms with van der Waals surface area (Å²) in [5.74, 6) is 0. The summed E-state index contributed by atoms with van der Waals surface area (Å²) in [4.78, 5) is 16.6. The molecule has 4 atom stereocenters. The van der Waals surface area contributed by atoms with Gasteiger partial charge in [-0.3, -0.25) is 0 Å². The van der Waals surface area contributed by atoms with Crippen LogP contribution in [-0.2, 0) is 18.9 Å². The van der Waals surface area contributed by atoms with E-state index < -0.39 is 0 Å². The van der Waals surface area contributed by atoms with Gasteiger partial charge in [0.1, 0.15) is 23.6 Å². The summed E-state index contributed by atoms with van der Waals surface area (Å²) in [5, 5.41) is 0. The first-order chi connectivity index (χ1) is 11.3. The maximum absolute atomic E-state index is 12.5. The van der Waals surface area contributed by atoms with E-state index in [9.17, 15) is 4.79 Å². The fourth-order valence-corrected chi connectivity index (χ4v) is 4.98. The van der Waals surface area contributed by atoms with Crippen molar-refractivity contribution >= 4 is 18.5 Å². The van der Waals surface area contributed by atoms with Gasteiger partial charge in [0.25, 0.3) is 0 Å². The number of hydrogen-bond acceptors (Lipinski definition) is 6. The third-order valence-corrected chi connectivity index (χ3v) is 5.92.